The zero-order valence-electron chi connectivity index (χ0n) is 17.9. The summed E-state index contributed by atoms with van der Waals surface area (Å²) >= 11 is 0. The van der Waals surface area contributed by atoms with E-state index < -0.39 is 17.7 Å². The summed E-state index contributed by atoms with van der Waals surface area (Å²) in [5, 5.41) is 15.0. The number of anilines is 2. The van der Waals surface area contributed by atoms with Crippen molar-refractivity contribution in [1.82, 2.24) is 4.98 Å². The summed E-state index contributed by atoms with van der Waals surface area (Å²) in [5.41, 5.74) is 1.25. The molecule has 0 aliphatic carbocycles. The highest BCUT2D eigenvalue weighted by Gasteiger charge is 2.15. The van der Waals surface area contributed by atoms with E-state index in [1.54, 1.807) is 54.6 Å². The largest absolute Gasteiger partial charge is 0.512 e. The molecule has 2 aromatic heterocycles. The molecule has 2 aromatic carbocycles. The number of carboxylic acid groups (broad SMARTS) is 1. The minimum absolute atomic E-state index is 0.00990. The van der Waals surface area contributed by atoms with E-state index in [-0.39, 0.29) is 11.6 Å². The summed E-state index contributed by atoms with van der Waals surface area (Å²) in [4.78, 5) is 39.8. The van der Waals surface area contributed by atoms with E-state index in [0.717, 1.165) is 5.56 Å². The minimum Gasteiger partial charge on any atom is -0.497 e. The third kappa shape index (κ3) is 5.13. The van der Waals surface area contributed by atoms with Gasteiger partial charge in [0.05, 0.1) is 12.7 Å². The molecule has 0 aliphatic heterocycles. The Labute approximate surface area is 192 Å². The fraction of sp³-hybridized carbons (Fsp3) is 0.0833. The Morgan fingerprint density at radius 3 is 2.62 bits per heavy atom. The molecular formula is C24H19N3O7. The number of rotatable bonds is 7. The molecule has 10 nitrogen and oxygen atoms in total. The number of benzene rings is 2. The van der Waals surface area contributed by atoms with Crippen LogP contribution >= 0.6 is 0 Å². The summed E-state index contributed by atoms with van der Waals surface area (Å²) in [5.74, 6) is 0.0157. The van der Waals surface area contributed by atoms with Gasteiger partial charge in [0.1, 0.15) is 17.0 Å². The van der Waals surface area contributed by atoms with Gasteiger partial charge >= 0.3 is 11.8 Å². The molecule has 0 saturated carbocycles. The van der Waals surface area contributed by atoms with Gasteiger partial charge in [-0.25, -0.2) is 14.6 Å². The van der Waals surface area contributed by atoms with Gasteiger partial charge in [-0.1, -0.05) is 18.2 Å². The van der Waals surface area contributed by atoms with E-state index in [9.17, 15) is 14.4 Å². The summed E-state index contributed by atoms with van der Waals surface area (Å²) in [6.45, 7) is 0.310. The monoisotopic (exact) mass is 461 g/mol. The fourth-order valence-corrected chi connectivity index (χ4v) is 3.19. The molecular weight excluding hydrogens is 442 g/mol. The van der Waals surface area contributed by atoms with Crippen LogP contribution in [0.2, 0.25) is 0 Å². The number of aromatic nitrogens is 1. The summed E-state index contributed by atoms with van der Waals surface area (Å²) in [6.07, 6.45) is 0.0157. The molecule has 34 heavy (non-hydrogen) atoms. The standard InChI is InChI=1S/C24H19N3O7/c1-32-16-8-7-15-10-19(23(29)33-20(15)11-16)27-22(28)17-4-2-3-5-18(17)25-12-14-6-9-21(26-13-14)34-24(30)31/h2-11,13,25H,12H2,1H3,(H,27,28)(H,30,31). The van der Waals surface area contributed by atoms with Crippen molar-refractivity contribution in [2.24, 2.45) is 0 Å². The molecule has 0 atom stereocenters. The van der Waals surface area contributed by atoms with Crippen molar-refractivity contribution in [2.45, 2.75) is 6.54 Å². The fourth-order valence-electron chi connectivity index (χ4n) is 3.19. The van der Waals surface area contributed by atoms with Crippen molar-refractivity contribution in [1.29, 1.82) is 0 Å². The average Bonchev–Trinajstić information content (AvgIpc) is 2.83. The first kappa shape index (κ1) is 22.3. The second-order valence-corrected chi connectivity index (χ2v) is 7.08. The number of fused-ring (bicyclic) bond motifs is 1. The Kier molecular flexibility index (Phi) is 6.40. The molecule has 0 aliphatic rings. The maximum absolute atomic E-state index is 12.9. The van der Waals surface area contributed by atoms with Crippen LogP contribution < -0.4 is 25.7 Å². The lowest BCUT2D eigenvalue weighted by atomic mass is 10.1. The van der Waals surface area contributed by atoms with Crippen molar-refractivity contribution in [3.8, 4) is 11.6 Å². The number of amides is 1. The van der Waals surface area contributed by atoms with Crippen LogP contribution in [0.5, 0.6) is 11.6 Å². The van der Waals surface area contributed by atoms with Gasteiger partial charge in [-0.05, 0) is 35.9 Å². The van der Waals surface area contributed by atoms with Crippen molar-refractivity contribution in [3.63, 3.8) is 0 Å². The maximum atomic E-state index is 12.9. The third-order valence-electron chi connectivity index (χ3n) is 4.84. The van der Waals surface area contributed by atoms with Gasteiger partial charge in [0.15, 0.2) is 0 Å². The molecule has 4 aromatic rings. The Morgan fingerprint density at radius 2 is 1.88 bits per heavy atom. The molecule has 10 heteroatoms. The molecule has 0 fully saturated rings. The number of nitrogens with one attached hydrogen (secondary N) is 2. The SMILES string of the molecule is COc1ccc2cc(NC(=O)c3ccccc3NCc3ccc(OC(=O)O)nc3)c(=O)oc2c1. The van der Waals surface area contributed by atoms with Gasteiger partial charge in [-0.2, -0.15) is 0 Å². The normalized spacial score (nSPS) is 10.5. The average molecular weight is 461 g/mol. The van der Waals surface area contributed by atoms with Crippen molar-refractivity contribution in [3.05, 3.63) is 88.4 Å². The van der Waals surface area contributed by atoms with Gasteiger partial charge in [0, 0.05) is 35.9 Å². The second-order valence-electron chi connectivity index (χ2n) is 7.08. The lowest BCUT2D eigenvalue weighted by molar-refractivity contribution is 0.102. The number of hydrogen-bond acceptors (Lipinski definition) is 8. The highest BCUT2D eigenvalue weighted by molar-refractivity contribution is 6.08. The van der Waals surface area contributed by atoms with Crippen molar-refractivity contribution >= 4 is 34.4 Å². The molecule has 0 unspecified atom stereocenters. The Morgan fingerprint density at radius 1 is 1.06 bits per heavy atom. The van der Waals surface area contributed by atoms with Gasteiger partial charge < -0.3 is 29.6 Å². The van der Waals surface area contributed by atoms with Crippen LogP contribution in [-0.4, -0.2) is 29.3 Å². The first-order chi connectivity index (χ1) is 16.4. The lowest BCUT2D eigenvalue weighted by Crippen LogP contribution is -2.19. The van der Waals surface area contributed by atoms with E-state index in [0.29, 0.717) is 34.5 Å². The highest BCUT2D eigenvalue weighted by atomic mass is 16.7. The number of carbonyl (C=O) groups is 2. The highest BCUT2D eigenvalue weighted by Crippen LogP contribution is 2.23. The third-order valence-corrected chi connectivity index (χ3v) is 4.84. The van der Waals surface area contributed by atoms with Gasteiger partial charge in [-0.3, -0.25) is 4.79 Å². The van der Waals surface area contributed by atoms with Crippen LogP contribution in [0.1, 0.15) is 15.9 Å². The molecule has 2 heterocycles. The molecule has 172 valence electrons. The van der Waals surface area contributed by atoms with Crippen LogP contribution in [0, 0.1) is 0 Å². The number of para-hydroxylation sites is 1. The minimum atomic E-state index is -1.45. The first-order valence-corrected chi connectivity index (χ1v) is 10.0. The van der Waals surface area contributed by atoms with Crippen LogP contribution in [0.4, 0.5) is 16.2 Å². The van der Waals surface area contributed by atoms with Crippen LogP contribution in [0.25, 0.3) is 11.0 Å². The smallest absolute Gasteiger partial charge is 0.497 e. The summed E-state index contributed by atoms with van der Waals surface area (Å²) in [6, 6.07) is 16.5. The second kappa shape index (κ2) is 9.74. The zero-order valence-corrected chi connectivity index (χ0v) is 17.9. The van der Waals surface area contributed by atoms with Gasteiger partial charge in [0.25, 0.3) is 5.91 Å². The Balaban J connectivity index is 1.50. The molecule has 0 bridgehead atoms. The van der Waals surface area contributed by atoms with Crippen molar-refractivity contribution in [2.75, 3.05) is 17.7 Å². The zero-order chi connectivity index (χ0) is 24.1. The van der Waals surface area contributed by atoms with E-state index in [1.807, 2.05) is 0 Å². The molecule has 3 N–H and O–H groups in total. The maximum Gasteiger partial charge on any atom is 0.512 e. The van der Waals surface area contributed by atoms with E-state index >= 15 is 0 Å². The number of ether oxygens (including phenoxy) is 2. The summed E-state index contributed by atoms with van der Waals surface area (Å²) in [7, 11) is 1.51. The molecule has 4 rings (SSSR count). The van der Waals surface area contributed by atoms with Crippen molar-refractivity contribution < 1.29 is 28.6 Å². The van der Waals surface area contributed by atoms with E-state index in [4.69, 9.17) is 14.3 Å². The number of nitrogens with zero attached hydrogens (tertiary/aromatic N) is 1. The number of pyridine rings is 1. The first-order valence-electron chi connectivity index (χ1n) is 10.0. The predicted octanol–water partition coefficient (Wildman–Crippen LogP) is 4.12. The molecule has 1 amide bonds. The quantitative estimate of drug-likeness (QED) is 0.274. The lowest BCUT2D eigenvalue weighted by Gasteiger charge is -2.12. The predicted molar refractivity (Wildman–Crippen MR) is 124 cm³/mol. The van der Waals surface area contributed by atoms with E-state index in [2.05, 4.69) is 20.4 Å². The van der Waals surface area contributed by atoms with Crippen LogP contribution in [-0.2, 0) is 6.54 Å². The number of methoxy groups -OCH3 is 1. The summed E-state index contributed by atoms with van der Waals surface area (Å²) < 4.78 is 14.9. The van der Waals surface area contributed by atoms with Gasteiger partial charge in [0.2, 0.25) is 5.88 Å². The topological polar surface area (TPSA) is 140 Å². The number of hydrogen-bond donors (Lipinski definition) is 3. The van der Waals surface area contributed by atoms with Gasteiger partial charge in [-0.15, -0.1) is 0 Å². The molecule has 0 saturated heterocycles. The number of carbonyl (C=O) groups excluding carboxylic acids is 1. The van der Waals surface area contributed by atoms with Crippen LogP contribution in [0.3, 0.4) is 0 Å². The molecule has 0 spiro atoms. The Hall–Kier alpha value is -4.86. The van der Waals surface area contributed by atoms with E-state index in [1.165, 1.54) is 19.4 Å². The Bertz CT molecular complexity index is 1410. The van der Waals surface area contributed by atoms with Crippen LogP contribution in [0.15, 0.2) is 76.1 Å². The molecule has 0 radical (unpaired) electrons.